The first kappa shape index (κ1) is 24.4. The van der Waals surface area contributed by atoms with E-state index in [9.17, 15) is 0 Å². The number of hydrogen-bond donors (Lipinski definition) is 0. The number of ether oxygens (including phenoxy) is 1. The van der Waals surface area contributed by atoms with Crippen molar-refractivity contribution in [2.75, 3.05) is 24.5 Å². The molecule has 0 radical (unpaired) electrons. The lowest BCUT2D eigenvalue weighted by Crippen LogP contribution is -2.48. The summed E-state index contributed by atoms with van der Waals surface area (Å²) in [5, 5.41) is 0.796. The number of nitrogens with zero attached hydrogens (tertiary/aromatic N) is 2. The molecule has 1 fully saturated rings. The number of likely N-dealkylation sites (tertiary alicyclic amines) is 1. The Bertz CT molecular complexity index is 1040. The van der Waals surface area contributed by atoms with Gasteiger partial charge in [-0.05, 0) is 80.8 Å². The number of hydrogen-bond acceptors (Lipinski definition) is 3. The average Bonchev–Trinajstić information content (AvgIpc) is 2.86. The van der Waals surface area contributed by atoms with E-state index < -0.39 is 0 Å². The summed E-state index contributed by atoms with van der Waals surface area (Å²) in [6.45, 7) is 9.03. The number of rotatable bonds is 9. The third kappa shape index (κ3) is 7.12. The molecular weight excluding hydrogens is 440 g/mol. The Morgan fingerprint density at radius 1 is 0.971 bits per heavy atom. The quantitative estimate of drug-likeness (QED) is 0.301. The highest BCUT2D eigenvalue weighted by atomic mass is 35.5. The van der Waals surface area contributed by atoms with Crippen molar-refractivity contribution in [2.45, 2.75) is 45.9 Å². The molecule has 34 heavy (non-hydrogen) atoms. The fraction of sp³-hybridized carbons (Fsp3) is 0.333. The summed E-state index contributed by atoms with van der Waals surface area (Å²) < 4.78 is 6.01. The predicted molar refractivity (Wildman–Crippen MR) is 144 cm³/mol. The molecule has 3 aromatic rings. The van der Waals surface area contributed by atoms with E-state index in [0.29, 0.717) is 12.6 Å². The van der Waals surface area contributed by atoms with Crippen molar-refractivity contribution < 1.29 is 4.74 Å². The normalized spacial score (nSPS) is 16.1. The van der Waals surface area contributed by atoms with Crippen LogP contribution in [-0.4, -0.2) is 30.6 Å². The first-order chi connectivity index (χ1) is 16.6. The van der Waals surface area contributed by atoms with Crippen LogP contribution in [0.1, 0.15) is 37.8 Å². The van der Waals surface area contributed by atoms with Gasteiger partial charge in [0.25, 0.3) is 0 Å². The molecule has 1 unspecified atom stereocenters. The van der Waals surface area contributed by atoms with Crippen LogP contribution in [0.3, 0.4) is 0 Å². The summed E-state index contributed by atoms with van der Waals surface area (Å²) in [5.74, 6) is 0.905. The third-order valence-electron chi connectivity index (χ3n) is 6.35. The molecule has 3 nitrogen and oxygen atoms in total. The molecule has 4 rings (SSSR count). The van der Waals surface area contributed by atoms with Crippen molar-refractivity contribution in [3.63, 3.8) is 0 Å². The third-order valence-corrected chi connectivity index (χ3v) is 6.61. The molecule has 1 aliphatic heterocycles. The van der Waals surface area contributed by atoms with E-state index in [4.69, 9.17) is 16.3 Å². The number of allylic oxidation sites excluding steroid dienone is 1. The summed E-state index contributed by atoms with van der Waals surface area (Å²) in [6.07, 6.45) is 4.75. The van der Waals surface area contributed by atoms with Crippen LogP contribution in [0.4, 0.5) is 5.69 Å². The van der Waals surface area contributed by atoms with Crippen LogP contribution in [0.5, 0.6) is 5.75 Å². The number of anilines is 1. The lowest BCUT2D eigenvalue weighted by atomic mass is 10.0. The van der Waals surface area contributed by atoms with Gasteiger partial charge < -0.3 is 9.64 Å². The van der Waals surface area contributed by atoms with Gasteiger partial charge in [0.15, 0.2) is 0 Å². The molecule has 0 N–H and O–H groups in total. The van der Waals surface area contributed by atoms with Gasteiger partial charge in [0.05, 0.1) is 0 Å². The fourth-order valence-electron chi connectivity index (χ4n) is 4.50. The summed E-state index contributed by atoms with van der Waals surface area (Å²) in [7, 11) is 0. The van der Waals surface area contributed by atoms with Crippen LogP contribution in [0.2, 0.25) is 5.02 Å². The van der Waals surface area contributed by atoms with E-state index in [1.165, 1.54) is 35.2 Å². The second kappa shape index (κ2) is 12.1. The molecule has 1 saturated heterocycles. The zero-order chi connectivity index (χ0) is 23.8. The lowest BCUT2D eigenvalue weighted by molar-refractivity contribution is 0.197. The molecule has 1 heterocycles. The summed E-state index contributed by atoms with van der Waals surface area (Å²) in [5.41, 5.74) is 5.10. The molecule has 178 valence electrons. The Kier molecular flexibility index (Phi) is 8.67. The number of benzene rings is 3. The standard InChI is InChI=1S/C30H35ClN2O/c1-24(2)18-20-33(28-14-16-30(17-15-28)34-23-26-7-4-3-5-8-26)29-9-6-19-32(22-29)21-25-10-12-27(31)13-11-25/h3-5,7-8,10-18,29H,6,9,19-23H2,1-2H3. The van der Waals surface area contributed by atoms with Gasteiger partial charge in [-0.1, -0.05) is 65.7 Å². The maximum Gasteiger partial charge on any atom is 0.119 e. The molecule has 3 aromatic carbocycles. The van der Waals surface area contributed by atoms with Crippen molar-refractivity contribution in [2.24, 2.45) is 0 Å². The zero-order valence-corrected chi connectivity index (χ0v) is 21.0. The highest BCUT2D eigenvalue weighted by molar-refractivity contribution is 6.30. The van der Waals surface area contributed by atoms with E-state index in [1.54, 1.807) is 0 Å². The number of halogens is 1. The first-order valence-electron chi connectivity index (χ1n) is 12.2. The van der Waals surface area contributed by atoms with E-state index in [1.807, 2.05) is 30.3 Å². The minimum atomic E-state index is 0.479. The van der Waals surface area contributed by atoms with Gasteiger partial charge in [-0.25, -0.2) is 0 Å². The summed E-state index contributed by atoms with van der Waals surface area (Å²) >= 11 is 6.07. The first-order valence-corrected chi connectivity index (χ1v) is 12.6. The molecule has 0 aliphatic carbocycles. The topological polar surface area (TPSA) is 15.7 Å². The van der Waals surface area contributed by atoms with Crippen LogP contribution in [0, 0.1) is 0 Å². The van der Waals surface area contributed by atoms with E-state index >= 15 is 0 Å². The van der Waals surface area contributed by atoms with Crippen molar-refractivity contribution in [3.8, 4) is 5.75 Å². The smallest absolute Gasteiger partial charge is 0.119 e. The SMILES string of the molecule is CC(C)=CCN(c1ccc(OCc2ccccc2)cc1)C1CCCN(Cc2ccc(Cl)cc2)C1. The minimum absolute atomic E-state index is 0.479. The predicted octanol–water partition coefficient (Wildman–Crippen LogP) is 7.36. The minimum Gasteiger partial charge on any atom is -0.489 e. The molecule has 1 aliphatic rings. The van der Waals surface area contributed by atoms with Crippen molar-refractivity contribution in [1.82, 2.24) is 4.90 Å². The summed E-state index contributed by atoms with van der Waals surface area (Å²) in [6, 6.07) is 27.6. The van der Waals surface area contributed by atoms with Gasteiger partial charge in [0, 0.05) is 36.4 Å². The Morgan fingerprint density at radius 2 is 1.71 bits per heavy atom. The fourth-order valence-corrected chi connectivity index (χ4v) is 4.62. The second-order valence-electron chi connectivity index (χ2n) is 9.36. The van der Waals surface area contributed by atoms with Gasteiger partial charge in [-0.3, -0.25) is 4.90 Å². The van der Waals surface area contributed by atoms with Gasteiger partial charge in [0.2, 0.25) is 0 Å². The lowest BCUT2D eigenvalue weighted by Gasteiger charge is -2.40. The molecular formula is C30H35ClN2O. The summed E-state index contributed by atoms with van der Waals surface area (Å²) in [4.78, 5) is 5.13. The van der Waals surface area contributed by atoms with Crippen LogP contribution < -0.4 is 9.64 Å². The van der Waals surface area contributed by atoms with Crippen molar-refractivity contribution in [1.29, 1.82) is 0 Å². The monoisotopic (exact) mass is 474 g/mol. The van der Waals surface area contributed by atoms with Gasteiger partial charge in [0.1, 0.15) is 12.4 Å². The highest BCUT2D eigenvalue weighted by Crippen LogP contribution is 2.27. The maximum absolute atomic E-state index is 6.07. The average molecular weight is 475 g/mol. The molecule has 4 heteroatoms. The van der Waals surface area contributed by atoms with Gasteiger partial charge in [-0.2, -0.15) is 0 Å². The van der Waals surface area contributed by atoms with E-state index in [0.717, 1.165) is 37.0 Å². The largest absolute Gasteiger partial charge is 0.489 e. The van der Waals surface area contributed by atoms with Crippen molar-refractivity contribution >= 4 is 17.3 Å². The maximum atomic E-state index is 6.07. The van der Waals surface area contributed by atoms with Crippen LogP contribution in [0.15, 0.2) is 90.5 Å². The highest BCUT2D eigenvalue weighted by Gasteiger charge is 2.25. The van der Waals surface area contributed by atoms with Crippen LogP contribution in [-0.2, 0) is 13.2 Å². The number of piperidine rings is 1. The molecule has 0 spiro atoms. The van der Waals surface area contributed by atoms with E-state index in [-0.39, 0.29) is 0 Å². The molecule has 0 amide bonds. The van der Waals surface area contributed by atoms with Gasteiger partial charge >= 0.3 is 0 Å². The van der Waals surface area contributed by atoms with Crippen molar-refractivity contribution in [3.05, 3.63) is 107 Å². The van der Waals surface area contributed by atoms with E-state index in [2.05, 4.69) is 78.3 Å². The Balaban J connectivity index is 1.43. The van der Waals surface area contributed by atoms with Crippen LogP contribution >= 0.6 is 11.6 Å². The molecule has 0 aromatic heterocycles. The Labute approximate surface area is 209 Å². The zero-order valence-electron chi connectivity index (χ0n) is 20.3. The van der Waals surface area contributed by atoms with Crippen LogP contribution in [0.25, 0.3) is 0 Å². The molecule has 0 bridgehead atoms. The second-order valence-corrected chi connectivity index (χ2v) is 9.80. The Morgan fingerprint density at radius 3 is 2.41 bits per heavy atom. The van der Waals surface area contributed by atoms with Gasteiger partial charge in [-0.15, -0.1) is 0 Å². The Hall–Kier alpha value is -2.75. The molecule has 0 saturated carbocycles. The molecule has 1 atom stereocenters.